The van der Waals surface area contributed by atoms with E-state index in [4.69, 9.17) is 4.74 Å². The third-order valence-corrected chi connectivity index (χ3v) is 4.42. The van der Waals surface area contributed by atoms with Crippen LogP contribution in [0.15, 0.2) is 0 Å². The number of carboxylic acids is 1. The number of tetrazole rings is 1. The maximum absolute atomic E-state index is 11.8. The number of hydrogen-bond acceptors (Lipinski definition) is 5. The highest BCUT2D eigenvalue weighted by atomic mass is 16.5. The molecular formula is C14H24N4O3. The molecule has 1 aromatic rings. The molecule has 0 radical (unpaired) electrons. The molecule has 1 fully saturated rings. The molecule has 1 heterocycles. The van der Waals surface area contributed by atoms with Crippen molar-refractivity contribution in [1.82, 2.24) is 20.2 Å². The van der Waals surface area contributed by atoms with Gasteiger partial charge in [-0.05, 0) is 49.0 Å². The second-order valence-electron chi connectivity index (χ2n) is 5.97. The van der Waals surface area contributed by atoms with E-state index in [2.05, 4.69) is 22.4 Å². The summed E-state index contributed by atoms with van der Waals surface area (Å²) in [6.07, 6.45) is 3.88. The molecule has 7 heteroatoms. The number of hydrogen-bond donors (Lipinski definition) is 1. The number of aliphatic carboxylic acids is 1. The molecule has 2 rings (SSSR count). The van der Waals surface area contributed by atoms with Crippen LogP contribution >= 0.6 is 0 Å². The molecule has 1 aliphatic carbocycles. The number of ether oxygens (including phenoxy) is 1. The van der Waals surface area contributed by atoms with Gasteiger partial charge in [-0.15, -0.1) is 5.10 Å². The van der Waals surface area contributed by atoms with E-state index < -0.39 is 11.4 Å². The Morgan fingerprint density at radius 3 is 2.81 bits per heavy atom. The Kier molecular flexibility index (Phi) is 5.27. The van der Waals surface area contributed by atoms with Crippen LogP contribution in [-0.4, -0.2) is 44.5 Å². The minimum absolute atomic E-state index is 0.351. The van der Waals surface area contributed by atoms with E-state index in [1.807, 2.05) is 6.92 Å². The topological polar surface area (TPSA) is 90.1 Å². The molecule has 0 bridgehead atoms. The van der Waals surface area contributed by atoms with Gasteiger partial charge in [0.15, 0.2) is 5.82 Å². The largest absolute Gasteiger partial charge is 0.481 e. The van der Waals surface area contributed by atoms with Crippen LogP contribution in [0.2, 0.25) is 0 Å². The highest BCUT2D eigenvalue weighted by Gasteiger charge is 2.42. The predicted molar refractivity (Wildman–Crippen MR) is 75.7 cm³/mol. The van der Waals surface area contributed by atoms with Gasteiger partial charge >= 0.3 is 5.97 Å². The lowest BCUT2D eigenvalue weighted by atomic mass is 9.71. The zero-order valence-electron chi connectivity index (χ0n) is 12.8. The fourth-order valence-corrected chi connectivity index (χ4v) is 2.87. The normalized spacial score (nSPS) is 25.9. The van der Waals surface area contributed by atoms with Crippen molar-refractivity contribution in [3.05, 3.63) is 5.82 Å². The van der Waals surface area contributed by atoms with Gasteiger partial charge in [0.05, 0.1) is 18.6 Å². The fraction of sp³-hybridized carbons (Fsp3) is 0.857. The first-order valence-electron chi connectivity index (χ1n) is 7.63. The Bertz CT molecular complexity index is 467. The van der Waals surface area contributed by atoms with E-state index in [0.29, 0.717) is 50.8 Å². The highest BCUT2D eigenvalue weighted by molar-refractivity contribution is 5.74. The van der Waals surface area contributed by atoms with Gasteiger partial charge in [0.25, 0.3) is 0 Å². The first-order valence-corrected chi connectivity index (χ1v) is 7.63. The maximum Gasteiger partial charge on any atom is 0.311 e. The number of carbonyl (C=O) groups is 1. The summed E-state index contributed by atoms with van der Waals surface area (Å²) in [4.78, 5) is 11.8. The molecule has 0 amide bonds. The summed E-state index contributed by atoms with van der Waals surface area (Å²) in [5.41, 5.74) is -0.734. The molecule has 1 N–H and O–H groups in total. The number of carboxylic acid groups (broad SMARTS) is 1. The summed E-state index contributed by atoms with van der Waals surface area (Å²) < 4.78 is 6.96. The zero-order valence-corrected chi connectivity index (χ0v) is 12.8. The van der Waals surface area contributed by atoms with Gasteiger partial charge < -0.3 is 9.84 Å². The van der Waals surface area contributed by atoms with Gasteiger partial charge in [-0.2, -0.15) is 0 Å². The second kappa shape index (κ2) is 6.98. The van der Waals surface area contributed by atoms with Crippen molar-refractivity contribution in [2.75, 3.05) is 13.2 Å². The molecule has 0 aromatic carbocycles. The Balaban J connectivity index is 2.07. The monoisotopic (exact) mass is 296 g/mol. The summed E-state index contributed by atoms with van der Waals surface area (Å²) in [6, 6.07) is 0. The molecule has 1 saturated carbocycles. The van der Waals surface area contributed by atoms with Crippen LogP contribution in [0.1, 0.15) is 45.4 Å². The van der Waals surface area contributed by atoms with Crippen LogP contribution in [0.5, 0.6) is 0 Å². The molecule has 0 atom stereocenters. The van der Waals surface area contributed by atoms with Gasteiger partial charge in [0.1, 0.15) is 0 Å². The third-order valence-electron chi connectivity index (χ3n) is 4.42. The summed E-state index contributed by atoms with van der Waals surface area (Å²) in [6.45, 7) is 5.66. The summed E-state index contributed by atoms with van der Waals surface area (Å²) in [5, 5.41) is 21.3. The molecule has 0 unspecified atom stereocenters. The molecule has 0 spiro atoms. The summed E-state index contributed by atoms with van der Waals surface area (Å²) in [7, 11) is 0. The third kappa shape index (κ3) is 3.78. The average Bonchev–Trinajstić information content (AvgIpc) is 2.89. The lowest BCUT2D eigenvalue weighted by molar-refractivity contribution is -0.153. The summed E-state index contributed by atoms with van der Waals surface area (Å²) >= 11 is 0. The van der Waals surface area contributed by atoms with Crippen molar-refractivity contribution in [2.24, 2.45) is 11.3 Å². The molecule has 1 aliphatic rings. The molecule has 21 heavy (non-hydrogen) atoms. The van der Waals surface area contributed by atoms with E-state index in [9.17, 15) is 9.90 Å². The van der Waals surface area contributed by atoms with Gasteiger partial charge in [-0.3, -0.25) is 4.79 Å². The van der Waals surface area contributed by atoms with E-state index in [0.717, 1.165) is 12.8 Å². The quantitative estimate of drug-likeness (QED) is 0.767. The Hall–Kier alpha value is -1.50. The van der Waals surface area contributed by atoms with Crippen LogP contribution in [0.3, 0.4) is 0 Å². The molecule has 118 valence electrons. The maximum atomic E-state index is 11.8. The lowest BCUT2D eigenvalue weighted by Gasteiger charge is -2.35. The number of nitrogens with zero attached hydrogens (tertiary/aromatic N) is 4. The molecule has 1 aromatic heterocycles. The number of rotatable bonds is 7. The van der Waals surface area contributed by atoms with E-state index in [1.54, 1.807) is 4.68 Å². The van der Waals surface area contributed by atoms with Crippen molar-refractivity contribution in [2.45, 2.75) is 52.5 Å². The Labute approximate surface area is 124 Å². The van der Waals surface area contributed by atoms with Gasteiger partial charge in [-0.25, -0.2) is 4.68 Å². The van der Waals surface area contributed by atoms with Crippen LogP contribution in [0.25, 0.3) is 0 Å². The van der Waals surface area contributed by atoms with Crippen molar-refractivity contribution >= 4 is 5.97 Å². The Morgan fingerprint density at radius 1 is 1.48 bits per heavy atom. The lowest BCUT2D eigenvalue weighted by Crippen LogP contribution is -2.39. The van der Waals surface area contributed by atoms with Crippen molar-refractivity contribution in [1.29, 1.82) is 0 Å². The van der Waals surface area contributed by atoms with Crippen molar-refractivity contribution in [3.8, 4) is 0 Å². The average molecular weight is 296 g/mol. The number of aromatic nitrogens is 4. The van der Waals surface area contributed by atoms with Crippen LogP contribution in [-0.2, 0) is 22.5 Å². The van der Waals surface area contributed by atoms with E-state index in [-0.39, 0.29) is 0 Å². The fourth-order valence-electron chi connectivity index (χ4n) is 2.87. The standard InChI is InChI=1S/C14H24N4O3/c1-3-21-9-6-12-15-16-17-18(12)10-14(13(19)20)7-4-11(2)5-8-14/h11H,3-10H2,1-2H3,(H,19,20). The van der Waals surface area contributed by atoms with Gasteiger partial charge in [0.2, 0.25) is 0 Å². The smallest absolute Gasteiger partial charge is 0.311 e. The van der Waals surface area contributed by atoms with Crippen molar-refractivity contribution < 1.29 is 14.6 Å². The van der Waals surface area contributed by atoms with Crippen molar-refractivity contribution in [3.63, 3.8) is 0 Å². The molecule has 0 aliphatic heterocycles. The molecule has 7 nitrogen and oxygen atoms in total. The van der Waals surface area contributed by atoms with Crippen LogP contribution in [0, 0.1) is 11.3 Å². The SMILES string of the molecule is CCOCCc1nnnn1CC1(C(=O)O)CCC(C)CC1. The predicted octanol–water partition coefficient (Wildman–Crippen LogP) is 1.53. The Morgan fingerprint density at radius 2 is 2.19 bits per heavy atom. The minimum Gasteiger partial charge on any atom is -0.481 e. The zero-order chi connectivity index (χ0) is 15.3. The van der Waals surface area contributed by atoms with Gasteiger partial charge in [-0.1, -0.05) is 6.92 Å². The minimum atomic E-state index is -0.736. The molecule has 0 saturated heterocycles. The van der Waals surface area contributed by atoms with Gasteiger partial charge in [0, 0.05) is 13.0 Å². The van der Waals surface area contributed by atoms with E-state index >= 15 is 0 Å². The molecular weight excluding hydrogens is 272 g/mol. The van der Waals surface area contributed by atoms with Crippen LogP contribution < -0.4 is 0 Å². The second-order valence-corrected chi connectivity index (χ2v) is 5.97. The first-order chi connectivity index (χ1) is 10.1. The summed E-state index contributed by atoms with van der Waals surface area (Å²) in [5.74, 6) is 0.562. The van der Waals surface area contributed by atoms with E-state index in [1.165, 1.54) is 0 Å². The van der Waals surface area contributed by atoms with Crippen LogP contribution in [0.4, 0.5) is 0 Å². The highest BCUT2D eigenvalue weighted by Crippen LogP contribution is 2.40. The first kappa shape index (κ1) is 15.9.